The molecule has 0 aliphatic heterocycles. The standard InChI is InChI=1S/C10H19N3/c1-9(5-7-11)3-4-10-6-8-12-13(10)2/h6,8-9H,3-5,7,11H2,1-2H3. The minimum absolute atomic E-state index is 0.722. The van der Waals surface area contributed by atoms with E-state index in [1.54, 1.807) is 0 Å². The lowest BCUT2D eigenvalue weighted by molar-refractivity contribution is 0.490. The van der Waals surface area contributed by atoms with Gasteiger partial charge in [-0.25, -0.2) is 0 Å². The van der Waals surface area contributed by atoms with E-state index >= 15 is 0 Å². The number of hydrogen-bond acceptors (Lipinski definition) is 2. The van der Waals surface area contributed by atoms with Crippen LogP contribution in [0.3, 0.4) is 0 Å². The molecule has 1 aromatic rings. The summed E-state index contributed by atoms with van der Waals surface area (Å²) < 4.78 is 1.94. The minimum Gasteiger partial charge on any atom is -0.330 e. The van der Waals surface area contributed by atoms with E-state index in [0.717, 1.165) is 25.3 Å². The molecule has 0 aliphatic carbocycles. The summed E-state index contributed by atoms with van der Waals surface area (Å²) in [5.41, 5.74) is 6.80. The van der Waals surface area contributed by atoms with E-state index in [1.807, 2.05) is 17.9 Å². The van der Waals surface area contributed by atoms with Gasteiger partial charge in [-0.3, -0.25) is 4.68 Å². The second kappa shape index (κ2) is 5.02. The molecule has 0 fully saturated rings. The highest BCUT2D eigenvalue weighted by atomic mass is 15.2. The fourth-order valence-corrected chi connectivity index (χ4v) is 1.47. The monoisotopic (exact) mass is 181 g/mol. The van der Waals surface area contributed by atoms with Crippen LogP contribution in [0.5, 0.6) is 0 Å². The lowest BCUT2D eigenvalue weighted by atomic mass is 10.0. The van der Waals surface area contributed by atoms with Gasteiger partial charge in [-0.05, 0) is 37.8 Å². The third-order valence-corrected chi connectivity index (χ3v) is 2.48. The first-order valence-electron chi connectivity index (χ1n) is 4.91. The van der Waals surface area contributed by atoms with Crippen LogP contribution < -0.4 is 5.73 Å². The Kier molecular flexibility index (Phi) is 3.96. The summed E-state index contributed by atoms with van der Waals surface area (Å²) in [5.74, 6) is 0.722. The number of aryl methyl sites for hydroxylation is 2. The van der Waals surface area contributed by atoms with E-state index in [4.69, 9.17) is 5.73 Å². The van der Waals surface area contributed by atoms with Crippen LogP contribution >= 0.6 is 0 Å². The van der Waals surface area contributed by atoms with Gasteiger partial charge in [0.2, 0.25) is 0 Å². The predicted octanol–water partition coefficient (Wildman–Crippen LogP) is 1.34. The van der Waals surface area contributed by atoms with E-state index < -0.39 is 0 Å². The zero-order chi connectivity index (χ0) is 9.68. The molecule has 74 valence electrons. The largest absolute Gasteiger partial charge is 0.330 e. The predicted molar refractivity (Wildman–Crippen MR) is 54.4 cm³/mol. The average Bonchev–Trinajstić information content (AvgIpc) is 2.48. The van der Waals surface area contributed by atoms with Crippen molar-refractivity contribution in [2.75, 3.05) is 6.54 Å². The third-order valence-electron chi connectivity index (χ3n) is 2.48. The van der Waals surface area contributed by atoms with Gasteiger partial charge in [0.1, 0.15) is 0 Å². The van der Waals surface area contributed by atoms with Gasteiger partial charge in [0, 0.05) is 18.9 Å². The first kappa shape index (κ1) is 10.3. The molecule has 3 nitrogen and oxygen atoms in total. The maximum Gasteiger partial charge on any atom is 0.0492 e. The smallest absolute Gasteiger partial charge is 0.0492 e. The summed E-state index contributed by atoms with van der Waals surface area (Å²) >= 11 is 0. The molecule has 1 heterocycles. The van der Waals surface area contributed by atoms with E-state index in [1.165, 1.54) is 12.1 Å². The SMILES string of the molecule is CC(CCN)CCc1ccnn1C. The minimum atomic E-state index is 0.722. The Bertz CT molecular complexity index is 242. The molecule has 3 heteroatoms. The second-order valence-electron chi connectivity index (χ2n) is 3.67. The van der Waals surface area contributed by atoms with E-state index in [9.17, 15) is 0 Å². The lowest BCUT2D eigenvalue weighted by Gasteiger charge is -2.09. The Morgan fingerprint density at radius 1 is 1.54 bits per heavy atom. The van der Waals surface area contributed by atoms with Gasteiger partial charge in [-0.2, -0.15) is 5.10 Å². The molecular formula is C10H19N3. The van der Waals surface area contributed by atoms with Crippen LogP contribution in [0.2, 0.25) is 0 Å². The van der Waals surface area contributed by atoms with Gasteiger partial charge in [0.05, 0.1) is 0 Å². The molecule has 0 spiro atoms. The van der Waals surface area contributed by atoms with Crippen molar-refractivity contribution in [2.24, 2.45) is 18.7 Å². The average molecular weight is 181 g/mol. The van der Waals surface area contributed by atoms with Crippen molar-refractivity contribution in [2.45, 2.75) is 26.2 Å². The zero-order valence-corrected chi connectivity index (χ0v) is 8.53. The van der Waals surface area contributed by atoms with Gasteiger partial charge in [-0.15, -0.1) is 0 Å². The Hall–Kier alpha value is -0.830. The highest BCUT2D eigenvalue weighted by Gasteiger charge is 2.03. The summed E-state index contributed by atoms with van der Waals surface area (Å²) in [4.78, 5) is 0. The first-order valence-corrected chi connectivity index (χ1v) is 4.91. The van der Waals surface area contributed by atoms with Crippen LogP contribution in [0.4, 0.5) is 0 Å². The van der Waals surface area contributed by atoms with Crippen LogP contribution in [-0.2, 0) is 13.5 Å². The van der Waals surface area contributed by atoms with Crippen molar-refractivity contribution in [3.8, 4) is 0 Å². The van der Waals surface area contributed by atoms with Crippen LogP contribution in [-0.4, -0.2) is 16.3 Å². The van der Waals surface area contributed by atoms with Crippen LogP contribution in [0.1, 0.15) is 25.5 Å². The summed E-state index contributed by atoms with van der Waals surface area (Å²) in [5, 5.41) is 4.13. The summed E-state index contributed by atoms with van der Waals surface area (Å²) in [6.07, 6.45) is 5.29. The van der Waals surface area contributed by atoms with Gasteiger partial charge in [0.25, 0.3) is 0 Å². The Balaban J connectivity index is 2.30. The molecular weight excluding hydrogens is 162 g/mol. The highest BCUT2D eigenvalue weighted by Crippen LogP contribution is 2.10. The number of rotatable bonds is 5. The van der Waals surface area contributed by atoms with Gasteiger partial charge in [-0.1, -0.05) is 6.92 Å². The maximum atomic E-state index is 5.49. The van der Waals surface area contributed by atoms with Gasteiger partial charge < -0.3 is 5.73 Å². The van der Waals surface area contributed by atoms with Crippen molar-refractivity contribution >= 4 is 0 Å². The normalized spacial score (nSPS) is 13.2. The molecule has 1 atom stereocenters. The third kappa shape index (κ3) is 3.19. The Morgan fingerprint density at radius 2 is 2.31 bits per heavy atom. The zero-order valence-electron chi connectivity index (χ0n) is 8.53. The Labute approximate surface area is 79.9 Å². The summed E-state index contributed by atoms with van der Waals surface area (Å²) in [6, 6.07) is 2.08. The lowest BCUT2D eigenvalue weighted by Crippen LogP contribution is -2.07. The first-order chi connectivity index (χ1) is 6.24. The van der Waals surface area contributed by atoms with Crippen molar-refractivity contribution in [3.63, 3.8) is 0 Å². The quantitative estimate of drug-likeness (QED) is 0.745. The molecule has 1 rings (SSSR count). The number of hydrogen-bond donors (Lipinski definition) is 1. The van der Waals surface area contributed by atoms with Gasteiger partial charge in [0.15, 0.2) is 0 Å². The molecule has 0 amide bonds. The molecule has 0 aliphatic rings. The van der Waals surface area contributed by atoms with E-state index in [2.05, 4.69) is 18.1 Å². The Morgan fingerprint density at radius 3 is 2.85 bits per heavy atom. The van der Waals surface area contributed by atoms with E-state index in [0.29, 0.717) is 0 Å². The van der Waals surface area contributed by atoms with Crippen molar-refractivity contribution in [3.05, 3.63) is 18.0 Å². The van der Waals surface area contributed by atoms with Gasteiger partial charge >= 0.3 is 0 Å². The molecule has 0 bridgehead atoms. The van der Waals surface area contributed by atoms with Crippen LogP contribution in [0.15, 0.2) is 12.3 Å². The number of nitrogens with two attached hydrogens (primary N) is 1. The topological polar surface area (TPSA) is 43.8 Å². The highest BCUT2D eigenvalue weighted by molar-refractivity contribution is 4.99. The molecule has 0 saturated carbocycles. The molecule has 1 aromatic heterocycles. The maximum absolute atomic E-state index is 5.49. The fourth-order valence-electron chi connectivity index (χ4n) is 1.47. The number of nitrogens with zero attached hydrogens (tertiary/aromatic N) is 2. The van der Waals surface area contributed by atoms with Crippen LogP contribution in [0.25, 0.3) is 0 Å². The molecule has 13 heavy (non-hydrogen) atoms. The number of aromatic nitrogens is 2. The molecule has 0 saturated heterocycles. The molecule has 2 N–H and O–H groups in total. The molecule has 1 unspecified atom stereocenters. The molecule has 0 aromatic carbocycles. The summed E-state index contributed by atoms with van der Waals surface area (Å²) in [6.45, 7) is 3.05. The van der Waals surface area contributed by atoms with Crippen molar-refractivity contribution in [1.29, 1.82) is 0 Å². The van der Waals surface area contributed by atoms with Crippen molar-refractivity contribution < 1.29 is 0 Å². The van der Waals surface area contributed by atoms with E-state index in [-0.39, 0.29) is 0 Å². The molecule has 0 radical (unpaired) electrons. The summed E-state index contributed by atoms with van der Waals surface area (Å²) in [7, 11) is 1.99. The van der Waals surface area contributed by atoms with Crippen LogP contribution in [0, 0.1) is 5.92 Å². The fraction of sp³-hybridized carbons (Fsp3) is 0.700. The second-order valence-corrected chi connectivity index (χ2v) is 3.67. The van der Waals surface area contributed by atoms with Crippen molar-refractivity contribution in [1.82, 2.24) is 9.78 Å².